The molecule has 3 aliphatic rings. The van der Waals surface area contributed by atoms with Gasteiger partial charge in [0.05, 0.1) is 17.8 Å². The Morgan fingerprint density at radius 2 is 1.91 bits per heavy atom. The van der Waals surface area contributed by atoms with E-state index < -0.39 is 12.6 Å². The van der Waals surface area contributed by atoms with Crippen LogP contribution in [0.1, 0.15) is 50.3 Å². The van der Waals surface area contributed by atoms with E-state index in [0.717, 1.165) is 25.7 Å². The Morgan fingerprint density at radius 3 is 2.59 bits per heavy atom. The van der Waals surface area contributed by atoms with Gasteiger partial charge in [-0.3, -0.25) is 10.3 Å². The fourth-order valence-corrected chi connectivity index (χ4v) is 4.61. The summed E-state index contributed by atoms with van der Waals surface area (Å²) in [6, 6.07) is 7.10. The minimum atomic E-state index is -4.14. The molecule has 0 unspecified atom stereocenters. The number of nitrogens with one attached hydrogen (secondary N) is 1. The number of ether oxygens (including phenoxy) is 1. The lowest BCUT2D eigenvalue weighted by Gasteiger charge is -2.42. The van der Waals surface area contributed by atoms with E-state index in [0.29, 0.717) is 48.1 Å². The molecule has 7 nitrogen and oxygen atoms in total. The number of halogens is 3. The highest BCUT2D eigenvalue weighted by molar-refractivity contribution is 6.13. The van der Waals surface area contributed by atoms with Crippen LogP contribution in [0.2, 0.25) is 0 Å². The van der Waals surface area contributed by atoms with Crippen LogP contribution in [-0.2, 0) is 0 Å². The predicted octanol–water partition coefficient (Wildman–Crippen LogP) is 4.01. The lowest BCUT2D eigenvalue weighted by molar-refractivity contribution is -0.139. The van der Waals surface area contributed by atoms with Crippen molar-refractivity contribution in [3.8, 4) is 5.75 Å². The van der Waals surface area contributed by atoms with Crippen LogP contribution in [0.4, 0.5) is 24.7 Å². The Hall–Kier alpha value is -2.88. The van der Waals surface area contributed by atoms with Crippen LogP contribution >= 0.6 is 0 Å². The molecule has 0 radical (unpaired) electrons. The van der Waals surface area contributed by atoms with Gasteiger partial charge in [-0.25, -0.2) is 9.97 Å². The molecule has 10 heteroatoms. The summed E-state index contributed by atoms with van der Waals surface area (Å²) in [4.78, 5) is 12.8. The fraction of sp³-hybridized carbons (Fsp3) is 0.542. The van der Waals surface area contributed by atoms with Crippen molar-refractivity contribution >= 4 is 17.2 Å². The van der Waals surface area contributed by atoms with Crippen LogP contribution in [0.25, 0.3) is 0 Å². The third kappa shape index (κ3) is 4.82. The highest BCUT2D eigenvalue weighted by atomic mass is 19.4. The third-order valence-electron chi connectivity index (χ3n) is 7.13. The molecule has 182 valence electrons. The van der Waals surface area contributed by atoms with Crippen molar-refractivity contribution in [2.45, 2.75) is 56.3 Å². The maximum Gasteiger partial charge on any atom is 0.390 e. The van der Waals surface area contributed by atoms with Crippen molar-refractivity contribution in [1.29, 1.82) is 5.41 Å². The van der Waals surface area contributed by atoms with Crippen LogP contribution in [0, 0.1) is 5.41 Å². The first-order valence-corrected chi connectivity index (χ1v) is 11.6. The van der Waals surface area contributed by atoms with Crippen molar-refractivity contribution in [2.75, 3.05) is 36.8 Å². The minimum absolute atomic E-state index is 0.0355. The van der Waals surface area contributed by atoms with Gasteiger partial charge in [-0.2, -0.15) is 13.2 Å². The van der Waals surface area contributed by atoms with Crippen molar-refractivity contribution in [1.82, 2.24) is 14.9 Å². The SMILES string of the molecule is CC1(Oc2ccc(N)c(C(=N)c3cc(N4CCN(CCC(F)(F)F)C5(CC5)C4)ncn3)c2)CC1. The second-order valence-corrected chi connectivity index (χ2v) is 9.94. The van der Waals surface area contributed by atoms with E-state index in [1.54, 1.807) is 18.2 Å². The molecule has 2 heterocycles. The molecule has 3 fully saturated rings. The Bertz CT molecular complexity index is 1100. The largest absolute Gasteiger partial charge is 0.488 e. The Kier molecular flexibility index (Phi) is 5.46. The van der Waals surface area contributed by atoms with E-state index in [4.69, 9.17) is 15.9 Å². The molecule has 1 aromatic carbocycles. The minimum Gasteiger partial charge on any atom is -0.488 e. The van der Waals surface area contributed by atoms with E-state index in [2.05, 4.69) is 21.8 Å². The van der Waals surface area contributed by atoms with Gasteiger partial charge in [0.25, 0.3) is 0 Å². The van der Waals surface area contributed by atoms with Gasteiger partial charge >= 0.3 is 6.18 Å². The van der Waals surface area contributed by atoms with Gasteiger partial charge in [0.1, 0.15) is 23.5 Å². The zero-order chi connectivity index (χ0) is 24.1. The molecule has 1 aliphatic heterocycles. The number of hydrogen-bond acceptors (Lipinski definition) is 7. The van der Waals surface area contributed by atoms with E-state index in [1.807, 2.05) is 11.0 Å². The van der Waals surface area contributed by atoms with Gasteiger partial charge in [0.15, 0.2) is 0 Å². The van der Waals surface area contributed by atoms with Crippen molar-refractivity contribution in [2.24, 2.45) is 0 Å². The molecule has 1 spiro atoms. The number of piperazine rings is 1. The molecule has 1 aromatic heterocycles. The van der Waals surface area contributed by atoms with Crippen LogP contribution in [0.3, 0.4) is 0 Å². The molecule has 2 aliphatic carbocycles. The number of anilines is 2. The molecule has 0 amide bonds. The average molecular weight is 475 g/mol. The number of nitrogens with two attached hydrogens (primary N) is 1. The number of hydrogen-bond donors (Lipinski definition) is 2. The summed E-state index contributed by atoms with van der Waals surface area (Å²) in [5, 5.41) is 8.74. The highest BCUT2D eigenvalue weighted by Crippen LogP contribution is 2.45. The second kappa shape index (κ2) is 8.11. The summed E-state index contributed by atoms with van der Waals surface area (Å²) in [6.45, 7) is 3.85. The van der Waals surface area contributed by atoms with Crippen LogP contribution in [-0.4, -0.2) is 64.1 Å². The quantitative estimate of drug-likeness (QED) is 0.465. The predicted molar refractivity (Wildman–Crippen MR) is 124 cm³/mol. The number of aromatic nitrogens is 2. The van der Waals surface area contributed by atoms with Crippen LogP contribution in [0.5, 0.6) is 5.75 Å². The summed E-state index contributed by atoms with van der Waals surface area (Å²) >= 11 is 0. The van der Waals surface area contributed by atoms with E-state index >= 15 is 0 Å². The normalized spacial score (nSPS) is 20.9. The third-order valence-corrected chi connectivity index (χ3v) is 7.13. The standard InChI is InChI=1S/C24H29F3N6O/c1-22(4-5-22)34-16-2-3-18(28)17(12-16)21(29)19-13-20(31-15-30-19)32-10-11-33(9-8-24(25,26)27)23(14-32)6-7-23/h2-3,12-13,15,29H,4-11,14,28H2,1H3. The number of rotatable bonds is 7. The summed E-state index contributed by atoms with van der Waals surface area (Å²) in [7, 11) is 0. The highest BCUT2D eigenvalue weighted by Gasteiger charge is 2.51. The van der Waals surface area contributed by atoms with Gasteiger partial charge in [-0.1, -0.05) is 0 Å². The molecule has 2 aromatic rings. The zero-order valence-electron chi connectivity index (χ0n) is 19.2. The van der Waals surface area contributed by atoms with Gasteiger partial charge in [0.2, 0.25) is 0 Å². The Balaban J connectivity index is 1.31. The summed E-state index contributed by atoms with van der Waals surface area (Å²) in [5.41, 5.74) is 7.45. The van der Waals surface area contributed by atoms with E-state index in [9.17, 15) is 13.2 Å². The van der Waals surface area contributed by atoms with Crippen LogP contribution < -0.4 is 15.4 Å². The van der Waals surface area contributed by atoms with Gasteiger partial charge in [-0.05, 0) is 50.8 Å². The monoisotopic (exact) mass is 474 g/mol. The molecule has 3 N–H and O–H groups in total. The Morgan fingerprint density at radius 1 is 1.15 bits per heavy atom. The maximum atomic E-state index is 12.7. The van der Waals surface area contributed by atoms with Crippen molar-refractivity contribution in [3.63, 3.8) is 0 Å². The summed E-state index contributed by atoms with van der Waals surface area (Å²) in [6.07, 6.45) is 0.280. The van der Waals surface area contributed by atoms with E-state index in [-0.39, 0.29) is 23.4 Å². The molecule has 1 saturated heterocycles. The van der Waals surface area contributed by atoms with Gasteiger partial charge in [-0.15, -0.1) is 0 Å². The molecule has 2 saturated carbocycles. The molecular formula is C24H29F3N6O. The number of benzene rings is 1. The first-order valence-electron chi connectivity index (χ1n) is 11.6. The second-order valence-electron chi connectivity index (χ2n) is 9.94. The first kappa shape index (κ1) is 22.9. The van der Waals surface area contributed by atoms with Crippen molar-refractivity contribution < 1.29 is 17.9 Å². The number of nitrogen functional groups attached to an aromatic ring is 1. The van der Waals surface area contributed by atoms with Gasteiger partial charge in [0, 0.05) is 49.0 Å². The van der Waals surface area contributed by atoms with Crippen molar-refractivity contribution in [3.05, 3.63) is 41.9 Å². The van der Waals surface area contributed by atoms with Gasteiger partial charge < -0.3 is 15.4 Å². The van der Waals surface area contributed by atoms with Crippen LogP contribution in [0.15, 0.2) is 30.6 Å². The van der Waals surface area contributed by atoms with E-state index in [1.165, 1.54) is 6.33 Å². The smallest absolute Gasteiger partial charge is 0.390 e. The molecule has 0 bridgehead atoms. The zero-order valence-corrected chi connectivity index (χ0v) is 19.2. The first-order chi connectivity index (χ1) is 16.1. The average Bonchev–Trinajstić information content (AvgIpc) is 3.72. The number of nitrogens with zero attached hydrogens (tertiary/aromatic N) is 4. The summed E-state index contributed by atoms with van der Waals surface area (Å²) in [5.74, 6) is 1.35. The molecule has 5 rings (SSSR count). The maximum absolute atomic E-state index is 12.7. The lowest BCUT2D eigenvalue weighted by atomic mass is 10.0. The number of alkyl halides is 3. The Labute approximate surface area is 196 Å². The summed E-state index contributed by atoms with van der Waals surface area (Å²) < 4.78 is 44.2. The lowest BCUT2D eigenvalue weighted by Crippen LogP contribution is -2.55. The molecule has 34 heavy (non-hydrogen) atoms. The molecule has 0 atom stereocenters. The molecular weight excluding hydrogens is 445 g/mol. The topological polar surface area (TPSA) is 91.4 Å². The fourth-order valence-electron chi connectivity index (χ4n) is 4.61.